The van der Waals surface area contributed by atoms with Gasteiger partial charge in [-0.3, -0.25) is 14.5 Å². The molecule has 1 heterocycles. The maximum absolute atomic E-state index is 14.0. The number of benzene rings is 3. The lowest BCUT2D eigenvalue weighted by Gasteiger charge is -2.25. The van der Waals surface area contributed by atoms with E-state index < -0.39 is 40.9 Å². The summed E-state index contributed by atoms with van der Waals surface area (Å²) in [4.78, 5) is 27.0. The topological polar surface area (TPSA) is 66.8 Å². The van der Waals surface area contributed by atoms with Crippen LogP contribution in [0.2, 0.25) is 0 Å². The average Bonchev–Trinajstić information content (AvgIpc) is 3.06. The molecule has 8 heteroatoms. The minimum Gasteiger partial charge on any atom is -0.507 e. The van der Waals surface area contributed by atoms with Crippen LogP contribution in [-0.2, 0) is 9.59 Å². The summed E-state index contributed by atoms with van der Waals surface area (Å²) in [6.45, 7) is 1.74. The molecule has 4 rings (SSSR count). The van der Waals surface area contributed by atoms with E-state index in [1.165, 1.54) is 25.3 Å². The van der Waals surface area contributed by atoms with Crippen molar-refractivity contribution in [3.63, 3.8) is 0 Å². The fraction of sp³-hybridized carbons (Fsp3) is 0.120. The molecular formula is C25H18F3NO4. The number of aliphatic hydroxyl groups is 1. The largest absolute Gasteiger partial charge is 0.507 e. The van der Waals surface area contributed by atoms with Crippen molar-refractivity contribution in [2.24, 2.45) is 0 Å². The zero-order chi connectivity index (χ0) is 23.9. The normalized spacial score (nSPS) is 17.5. The van der Waals surface area contributed by atoms with Crippen molar-refractivity contribution in [2.45, 2.75) is 13.0 Å². The highest BCUT2D eigenvalue weighted by Gasteiger charge is 2.47. The monoisotopic (exact) mass is 453 g/mol. The van der Waals surface area contributed by atoms with Crippen LogP contribution >= 0.6 is 0 Å². The number of ketones is 1. The summed E-state index contributed by atoms with van der Waals surface area (Å²) in [5.41, 5.74) is 0.877. The van der Waals surface area contributed by atoms with Gasteiger partial charge in [-0.1, -0.05) is 12.1 Å². The van der Waals surface area contributed by atoms with E-state index in [1.54, 1.807) is 19.1 Å². The molecule has 1 atom stereocenters. The van der Waals surface area contributed by atoms with Crippen molar-refractivity contribution < 1.29 is 32.6 Å². The summed E-state index contributed by atoms with van der Waals surface area (Å²) in [5, 5.41) is 11.1. The van der Waals surface area contributed by atoms with Crippen molar-refractivity contribution in [2.75, 3.05) is 12.0 Å². The zero-order valence-corrected chi connectivity index (χ0v) is 17.6. The zero-order valence-electron chi connectivity index (χ0n) is 17.6. The van der Waals surface area contributed by atoms with Gasteiger partial charge in [0.15, 0.2) is 11.6 Å². The SMILES string of the molecule is COc1ccc(/C(O)=C2\C(=O)C(=O)N(c3ccc(F)c(F)c3)C2c2ccc(F)cc2)cc1C. The predicted molar refractivity (Wildman–Crippen MR) is 115 cm³/mol. The number of aryl methyl sites for hydroxylation is 1. The molecule has 1 N–H and O–H groups in total. The van der Waals surface area contributed by atoms with Gasteiger partial charge in [0, 0.05) is 17.3 Å². The first-order chi connectivity index (χ1) is 15.7. The molecule has 1 fully saturated rings. The third kappa shape index (κ3) is 3.84. The van der Waals surface area contributed by atoms with Crippen LogP contribution in [-0.4, -0.2) is 23.9 Å². The third-order valence-electron chi connectivity index (χ3n) is 5.48. The lowest BCUT2D eigenvalue weighted by atomic mass is 9.94. The molecule has 33 heavy (non-hydrogen) atoms. The number of nitrogens with zero attached hydrogens (tertiary/aromatic N) is 1. The first-order valence-corrected chi connectivity index (χ1v) is 9.89. The number of carbonyl (C=O) groups excluding carboxylic acids is 2. The number of hydrogen-bond acceptors (Lipinski definition) is 4. The van der Waals surface area contributed by atoms with Crippen molar-refractivity contribution >= 4 is 23.1 Å². The number of hydrogen-bond donors (Lipinski definition) is 1. The van der Waals surface area contributed by atoms with E-state index in [0.29, 0.717) is 16.9 Å². The summed E-state index contributed by atoms with van der Waals surface area (Å²) in [7, 11) is 1.49. The molecule has 0 aliphatic carbocycles. The fourth-order valence-corrected chi connectivity index (χ4v) is 3.88. The Labute approximate surface area is 187 Å². The molecule has 1 amide bonds. The van der Waals surface area contributed by atoms with E-state index in [0.717, 1.165) is 35.2 Å². The second-order valence-corrected chi connectivity index (χ2v) is 7.50. The highest BCUT2D eigenvalue weighted by molar-refractivity contribution is 6.51. The van der Waals surface area contributed by atoms with Gasteiger partial charge < -0.3 is 9.84 Å². The van der Waals surface area contributed by atoms with Gasteiger partial charge in [0.1, 0.15) is 17.3 Å². The van der Waals surface area contributed by atoms with Gasteiger partial charge in [-0.15, -0.1) is 0 Å². The molecule has 0 radical (unpaired) electrons. The van der Waals surface area contributed by atoms with Gasteiger partial charge in [0.2, 0.25) is 0 Å². The standard InChI is InChI=1S/C25H18F3NO4/c1-13-11-15(5-10-20(13)33-2)23(30)21-22(14-3-6-16(26)7-4-14)29(25(32)24(21)31)17-8-9-18(27)19(28)12-17/h3-12,22,30H,1-2H3/b23-21+. The molecule has 3 aromatic rings. The van der Waals surface area contributed by atoms with Gasteiger partial charge in [-0.2, -0.15) is 0 Å². The maximum Gasteiger partial charge on any atom is 0.300 e. The van der Waals surface area contributed by atoms with Gasteiger partial charge in [-0.05, 0) is 60.5 Å². The summed E-state index contributed by atoms with van der Waals surface area (Å²) in [5.74, 6) is -4.83. The second-order valence-electron chi connectivity index (χ2n) is 7.50. The molecule has 3 aromatic carbocycles. The summed E-state index contributed by atoms with van der Waals surface area (Å²) < 4.78 is 46.2. The number of methoxy groups -OCH3 is 1. The molecule has 1 aliphatic heterocycles. The van der Waals surface area contributed by atoms with Crippen molar-refractivity contribution in [1.29, 1.82) is 0 Å². The Balaban J connectivity index is 1.94. The van der Waals surface area contributed by atoms with Gasteiger partial charge in [0.05, 0.1) is 18.7 Å². The predicted octanol–water partition coefficient (Wildman–Crippen LogP) is 5.05. The lowest BCUT2D eigenvalue weighted by molar-refractivity contribution is -0.132. The summed E-state index contributed by atoms with van der Waals surface area (Å²) >= 11 is 0. The number of amides is 1. The highest BCUT2D eigenvalue weighted by atomic mass is 19.2. The van der Waals surface area contributed by atoms with Crippen molar-refractivity contribution in [3.8, 4) is 5.75 Å². The van der Waals surface area contributed by atoms with Crippen molar-refractivity contribution in [3.05, 3.63) is 100 Å². The summed E-state index contributed by atoms with van der Waals surface area (Å²) in [6.07, 6.45) is 0. The number of rotatable bonds is 4. The Morgan fingerprint density at radius 3 is 2.24 bits per heavy atom. The Morgan fingerprint density at radius 1 is 0.939 bits per heavy atom. The summed E-state index contributed by atoms with van der Waals surface area (Å²) in [6, 6.07) is 11.3. The van der Waals surface area contributed by atoms with Gasteiger partial charge in [-0.25, -0.2) is 13.2 Å². The minimum atomic E-state index is -1.21. The molecule has 168 valence electrons. The highest BCUT2D eigenvalue weighted by Crippen LogP contribution is 2.42. The molecule has 0 aromatic heterocycles. The lowest BCUT2D eigenvalue weighted by Crippen LogP contribution is -2.29. The van der Waals surface area contributed by atoms with E-state index in [4.69, 9.17) is 4.74 Å². The Hall–Kier alpha value is -4.07. The van der Waals surface area contributed by atoms with Crippen LogP contribution in [0, 0.1) is 24.4 Å². The molecule has 1 unspecified atom stereocenters. The van der Waals surface area contributed by atoms with Crippen LogP contribution in [0.3, 0.4) is 0 Å². The van der Waals surface area contributed by atoms with Crippen LogP contribution in [0.25, 0.3) is 5.76 Å². The Kier molecular flexibility index (Phi) is 5.68. The van der Waals surface area contributed by atoms with E-state index in [2.05, 4.69) is 0 Å². The number of ether oxygens (including phenoxy) is 1. The third-order valence-corrected chi connectivity index (χ3v) is 5.48. The molecule has 0 bridgehead atoms. The number of anilines is 1. The number of Topliss-reactive ketones (excluding diaryl/α,β-unsaturated/α-hetero) is 1. The van der Waals surface area contributed by atoms with Crippen LogP contribution in [0.15, 0.2) is 66.2 Å². The Bertz CT molecular complexity index is 1300. The average molecular weight is 453 g/mol. The van der Waals surface area contributed by atoms with Crippen LogP contribution in [0.1, 0.15) is 22.7 Å². The molecule has 1 saturated heterocycles. The van der Waals surface area contributed by atoms with E-state index in [1.807, 2.05) is 0 Å². The van der Waals surface area contributed by atoms with Crippen LogP contribution < -0.4 is 9.64 Å². The van der Waals surface area contributed by atoms with E-state index in [-0.39, 0.29) is 16.8 Å². The minimum absolute atomic E-state index is 0.0877. The quantitative estimate of drug-likeness (QED) is 0.341. The Morgan fingerprint density at radius 2 is 1.64 bits per heavy atom. The van der Waals surface area contributed by atoms with Crippen molar-refractivity contribution in [1.82, 2.24) is 0 Å². The molecule has 1 aliphatic rings. The first-order valence-electron chi connectivity index (χ1n) is 9.89. The molecular weight excluding hydrogens is 435 g/mol. The molecule has 5 nitrogen and oxygen atoms in total. The molecule has 0 spiro atoms. The van der Waals surface area contributed by atoms with E-state index >= 15 is 0 Å². The smallest absolute Gasteiger partial charge is 0.300 e. The number of halogens is 3. The second kappa shape index (κ2) is 8.46. The first kappa shape index (κ1) is 22.1. The molecule has 0 saturated carbocycles. The fourth-order valence-electron chi connectivity index (χ4n) is 3.88. The van der Waals surface area contributed by atoms with Gasteiger partial charge in [0.25, 0.3) is 11.7 Å². The maximum atomic E-state index is 14.0. The number of carbonyl (C=O) groups is 2. The number of aliphatic hydroxyl groups excluding tert-OH is 1. The van der Waals surface area contributed by atoms with E-state index in [9.17, 15) is 27.9 Å². The van der Waals surface area contributed by atoms with Crippen LogP contribution in [0.4, 0.5) is 18.9 Å². The van der Waals surface area contributed by atoms with Crippen LogP contribution in [0.5, 0.6) is 5.75 Å². The van der Waals surface area contributed by atoms with Gasteiger partial charge >= 0.3 is 0 Å².